The Morgan fingerprint density at radius 1 is 0.839 bits per heavy atom. The SMILES string of the molecule is CC(C)c1cc(-c2nccc3c2sc2c(CC(C)(C)C)cccc23)cc2ccccc12. The minimum absolute atomic E-state index is 0.260. The van der Waals surface area contributed by atoms with Crippen LogP contribution in [0.5, 0.6) is 0 Å². The molecule has 31 heavy (non-hydrogen) atoms. The first kappa shape index (κ1) is 20.2. The predicted octanol–water partition coefficient (Wildman–Crippen LogP) is 8.98. The van der Waals surface area contributed by atoms with E-state index in [1.54, 1.807) is 0 Å². The minimum atomic E-state index is 0.260. The molecule has 0 unspecified atom stereocenters. The summed E-state index contributed by atoms with van der Waals surface area (Å²) in [6.45, 7) is 11.5. The number of thiophene rings is 1. The molecule has 0 radical (unpaired) electrons. The molecule has 5 aromatic rings. The van der Waals surface area contributed by atoms with Crippen LogP contribution in [0.1, 0.15) is 51.7 Å². The van der Waals surface area contributed by atoms with E-state index in [4.69, 9.17) is 4.98 Å². The van der Waals surface area contributed by atoms with E-state index in [2.05, 4.69) is 95.3 Å². The molecule has 0 aliphatic carbocycles. The van der Waals surface area contributed by atoms with E-state index in [-0.39, 0.29) is 5.41 Å². The van der Waals surface area contributed by atoms with E-state index in [0.29, 0.717) is 5.92 Å². The van der Waals surface area contributed by atoms with Crippen molar-refractivity contribution in [2.75, 3.05) is 0 Å². The first-order valence-electron chi connectivity index (χ1n) is 11.1. The van der Waals surface area contributed by atoms with Gasteiger partial charge in [0.2, 0.25) is 0 Å². The molecule has 2 heterocycles. The zero-order valence-corrected chi connectivity index (χ0v) is 19.8. The molecule has 156 valence electrons. The lowest BCUT2D eigenvalue weighted by atomic mass is 9.88. The van der Waals surface area contributed by atoms with Crippen molar-refractivity contribution in [3.8, 4) is 11.3 Å². The molecule has 0 saturated carbocycles. The van der Waals surface area contributed by atoms with Crippen molar-refractivity contribution in [1.29, 1.82) is 0 Å². The first-order valence-corrected chi connectivity index (χ1v) is 12.0. The predicted molar refractivity (Wildman–Crippen MR) is 137 cm³/mol. The average Bonchev–Trinajstić information content (AvgIpc) is 3.12. The molecule has 1 nitrogen and oxygen atoms in total. The summed E-state index contributed by atoms with van der Waals surface area (Å²) in [6.07, 6.45) is 3.05. The Morgan fingerprint density at radius 3 is 2.35 bits per heavy atom. The topological polar surface area (TPSA) is 12.9 Å². The van der Waals surface area contributed by atoms with E-state index in [1.165, 1.54) is 47.6 Å². The Kier molecular flexibility index (Phi) is 4.86. The summed E-state index contributed by atoms with van der Waals surface area (Å²) in [7, 11) is 0. The number of benzene rings is 3. The molecule has 0 amide bonds. The second-order valence-corrected chi connectivity index (χ2v) is 11.1. The molecular weight excluding hydrogens is 394 g/mol. The standard InChI is InChI=1S/C29H29NS/c1-18(2)25-16-21(15-19-9-6-7-11-22(19)25)26-28-24(13-14-30-26)23-12-8-10-20(27(23)31-28)17-29(3,4)5/h6-16,18H,17H2,1-5H3. The third-order valence-corrected chi connectivity index (χ3v) is 7.31. The molecule has 2 heteroatoms. The Hall–Kier alpha value is -2.71. The second kappa shape index (κ2) is 7.46. The van der Waals surface area contributed by atoms with Gasteiger partial charge in [-0.25, -0.2) is 0 Å². The summed E-state index contributed by atoms with van der Waals surface area (Å²) in [5.74, 6) is 0.463. The highest BCUT2D eigenvalue weighted by atomic mass is 32.1. The van der Waals surface area contributed by atoms with Crippen LogP contribution < -0.4 is 0 Å². The van der Waals surface area contributed by atoms with Crippen molar-refractivity contribution in [3.63, 3.8) is 0 Å². The van der Waals surface area contributed by atoms with Gasteiger partial charge in [-0.3, -0.25) is 4.98 Å². The third-order valence-electron chi connectivity index (χ3n) is 6.01. The number of pyridine rings is 1. The summed E-state index contributed by atoms with van der Waals surface area (Å²) in [5, 5.41) is 5.31. The van der Waals surface area contributed by atoms with E-state index >= 15 is 0 Å². The number of aromatic nitrogens is 1. The lowest BCUT2D eigenvalue weighted by molar-refractivity contribution is 0.413. The molecule has 0 N–H and O–H groups in total. The maximum Gasteiger partial charge on any atom is 0.0880 e. The Balaban J connectivity index is 1.78. The summed E-state index contributed by atoms with van der Waals surface area (Å²) in [5.41, 5.74) is 5.42. The number of hydrogen-bond donors (Lipinski definition) is 0. The maximum absolute atomic E-state index is 4.89. The van der Waals surface area contributed by atoms with Crippen LogP contribution in [0.4, 0.5) is 0 Å². The summed E-state index contributed by atoms with van der Waals surface area (Å²) < 4.78 is 2.70. The molecule has 0 saturated heterocycles. The van der Waals surface area contributed by atoms with Crippen molar-refractivity contribution >= 4 is 42.3 Å². The summed E-state index contributed by atoms with van der Waals surface area (Å²) in [6, 6.07) is 22.3. The lowest BCUT2D eigenvalue weighted by Crippen LogP contribution is -2.08. The van der Waals surface area contributed by atoms with Gasteiger partial charge in [0.15, 0.2) is 0 Å². The number of rotatable bonds is 3. The van der Waals surface area contributed by atoms with E-state index in [0.717, 1.165) is 12.1 Å². The summed E-state index contributed by atoms with van der Waals surface area (Å²) in [4.78, 5) is 4.89. The number of nitrogens with zero attached hydrogens (tertiary/aromatic N) is 1. The maximum atomic E-state index is 4.89. The first-order chi connectivity index (χ1) is 14.8. The van der Waals surface area contributed by atoms with Crippen LogP contribution in [-0.4, -0.2) is 4.98 Å². The van der Waals surface area contributed by atoms with Gasteiger partial charge < -0.3 is 0 Å². The van der Waals surface area contributed by atoms with Gasteiger partial charge in [-0.05, 0) is 57.9 Å². The van der Waals surface area contributed by atoms with Gasteiger partial charge in [-0.2, -0.15) is 0 Å². The Morgan fingerprint density at radius 2 is 1.58 bits per heavy atom. The Labute approximate surface area is 188 Å². The molecule has 5 rings (SSSR count). The van der Waals surface area contributed by atoms with E-state index in [1.807, 2.05) is 17.5 Å². The smallest absolute Gasteiger partial charge is 0.0880 e. The highest BCUT2D eigenvalue weighted by molar-refractivity contribution is 7.26. The second-order valence-electron chi connectivity index (χ2n) is 10.1. The van der Waals surface area contributed by atoms with Gasteiger partial charge in [0.25, 0.3) is 0 Å². The Bertz CT molecular complexity index is 1420. The largest absolute Gasteiger partial charge is 0.255 e. The van der Waals surface area contributed by atoms with Crippen LogP contribution in [0.3, 0.4) is 0 Å². The van der Waals surface area contributed by atoms with Crippen LogP contribution in [-0.2, 0) is 6.42 Å². The van der Waals surface area contributed by atoms with Gasteiger partial charge in [-0.15, -0.1) is 11.3 Å². The molecule has 3 aromatic carbocycles. The minimum Gasteiger partial charge on any atom is -0.255 e. The zero-order valence-electron chi connectivity index (χ0n) is 19.0. The van der Waals surface area contributed by atoms with Crippen LogP contribution in [0.25, 0.3) is 42.2 Å². The fourth-order valence-electron chi connectivity index (χ4n) is 4.65. The molecule has 0 atom stereocenters. The van der Waals surface area contributed by atoms with E-state index in [9.17, 15) is 0 Å². The zero-order chi connectivity index (χ0) is 21.8. The van der Waals surface area contributed by atoms with Crippen molar-refractivity contribution < 1.29 is 0 Å². The van der Waals surface area contributed by atoms with Crippen molar-refractivity contribution in [1.82, 2.24) is 4.98 Å². The van der Waals surface area contributed by atoms with Crippen LogP contribution >= 0.6 is 11.3 Å². The number of hydrogen-bond acceptors (Lipinski definition) is 2. The van der Waals surface area contributed by atoms with Crippen LogP contribution in [0.2, 0.25) is 0 Å². The molecule has 0 aliphatic heterocycles. The van der Waals surface area contributed by atoms with Crippen LogP contribution in [0, 0.1) is 5.41 Å². The molecule has 0 fully saturated rings. The lowest BCUT2D eigenvalue weighted by Gasteiger charge is -2.18. The van der Waals surface area contributed by atoms with E-state index < -0.39 is 0 Å². The van der Waals surface area contributed by atoms with Crippen molar-refractivity contribution in [2.45, 2.75) is 47.0 Å². The van der Waals surface area contributed by atoms with Crippen molar-refractivity contribution in [3.05, 3.63) is 78.0 Å². The van der Waals surface area contributed by atoms with Gasteiger partial charge >= 0.3 is 0 Å². The van der Waals surface area contributed by atoms with Crippen LogP contribution in [0.15, 0.2) is 66.9 Å². The highest BCUT2D eigenvalue weighted by Gasteiger charge is 2.18. The molecular formula is C29H29NS. The molecule has 2 aromatic heterocycles. The number of fused-ring (bicyclic) bond motifs is 4. The fourth-order valence-corrected chi connectivity index (χ4v) is 5.97. The van der Waals surface area contributed by atoms with Crippen molar-refractivity contribution in [2.24, 2.45) is 5.41 Å². The average molecular weight is 424 g/mol. The highest BCUT2D eigenvalue weighted by Crippen LogP contribution is 2.42. The van der Waals surface area contributed by atoms with Gasteiger partial charge in [0, 0.05) is 27.2 Å². The van der Waals surface area contributed by atoms with Gasteiger partial charge in [0.05, 0.1) is 10.4 Å². The third kappa shape index (κ3) is 3.64. The quantitative estimate of drug-likeness (QED) is 0.282. The summed E-state index contributed by atoms with van der Waals surface area (Å²) >= 11 is 1.91. The monoisotopic (exact) mass is 423 g/mol. The molecule has 0 aliphatic rings. The van der Waals surface area contributed by atoms with Gasteiger partial charge in [0.1, 0.15) is 0 Å². The van der Waals surface area contributed by atoms with Gasteiger partial charge in [-0.1, -0.05) is 77.1 Å². The normalized spacial score (nSPS) is 12.5. The molecule has 0 spiro atoms. The fraction of sp³-hybridized carbons (Fsp3) is 0.276. The molecule has 0 bridgehead atoms.